The Labute approximate surface area is 95.4 Å². The summed E-state index contributed by atoms with van der Waals surface area (Å²) in [4.78, 5) is 10.7. The maximum atomic E-state index is 10.7. The van der Waals surface area contributed by atoms with Gasteiger partial charge in [0, 0.05) is 10.0 Å². The van der Waals surface area contributed by atoms with Gasteiger partial charge in [0.05, 0.1) is 11.9 Å². The molecule has 0 atom stereocenters. The van der Waals surface area contributed by atoms with Gasteiger partial charge in [-0.15, -0.1) is 5.10 Å². The molecule has 0 amide bonds. The van der Waals surface area contributed by atoms with Crippen molar-refractivity contribution >= 4 is 29.5 Å². The second kappa shape index (κ2) is 4.00. The summed E-state index contributed by atoms with van der Waals surface area (Å²) >= 11 is 11.7. The molecule has 0 aliphatic heterocycles. The van der Waals surface area contributed by atoms with Crippen molar-refractivity contribution in [3.05, 3.63) is 40.1 Å². The zero-order valence-corrected chi connectivity index (χ0v) is 8.90. The molecule has 0 aliphatic rings. The molecule has 1 aromatic heterocycles. The van der Waals surface area contributed by atoms with E-state index in [2.05, 4.69) is 10.3 Å². The number of halogens is 2. The van der Waals surface area contributed by atoms with Gasteiger partial charge >= 0.3 is 0 Å². The first-order valence-corrected chi connectivity index (χ1v) is 4.78. The lowest BCUT2D eigenvalue weighted by atomic mass is 10.3. The van der Waals surface area contributed by atoms with E-state index in [9.17, 15) is 4.79 Å². The summed E-state index contributed by atoms with van der Waals surface area (Å²) < 4.78 is 1.37. The third kappa shape index (κ3) is 2.00. The van der Waals surface area contributed by atoms with Crippen LogP contribution in [-0.2, 0) is 0 Å². The van der Waals surface area contributed by atoms with Crippen molar-refractivity contribution in [2.45, 2.75) is 0 Å². The molecule has 15 heavy (non-hydrogen) atoms. The molecule has 0 saturated heterocycles. The van der Waals surface area contributed by atoms with Crippen molar-refractivity contribution in [3.63, 3.8) is 0 Å². The number of hydrogen-bond acceptors (Lipinski definition) is 3. The van der Waals surface area contributed by atoms with Crippen molar-refractivity contribution in [2.75, 3.05) is 0 Å². The van der Waals surface area contributed by atoms with Crippen molar-refractivity contribution in [1.29, 1.82) is 0 Å². The van der Waals surface area contributed by atoms with Crippen LogP contribution in [0.15, 0.2) is 24.4 Å². The standard InChI is InChI=1S/C9H5Cl2N3O/c10-6-1-7(11)3-8(2-6)14-9(5-15)4-12-13-14/h1-5H. The van der Waals surface area contributed by atoms with E-state index in [1.807, 2.05) is 0 Å². The quantitative estimate of drug-likeness (QED) is 0.759. The number of carbonyl (C=O) groups excluding carboxylic acids is 1. The van der Waals surface area contributed by atoms with Gasteiger partial charge < -0.3 is 0 Å². The Bertz CT molecular complexity index is 490. The highest BCUT2D eigenvalue weighted by Gasteiger charge is 2.06. The molecular formula is C9H5Cl2N3O. The van der Waals surface area contributed by atoms with Gasteiger partial charge in [0.1, 0.15) is 5.69 Å². The summed E-state index contributed by atoms with van der Waals surface area (Å²) in [5, 5.41) is 8.34. The molecule has 6 heteroatoms. The summed E-state index contributed by atoms with van der Waals surface area (Å²) in [5.74, 6) is 0. The van der Waals surface area contributed by atoms with Crippen LogP contribution < -0.4 is 0 Å². The van der Waals surface area contributed by atoms with Crippen molar-refractivity contribution in [3.8, 4) is 5.69 Å². The lowest BCUT2D eigenvalue weighted by Gasteiger charge is -2.03. The molecule has 2 rings (SSSR count). The number of aldehydes is 1. The van der Waals surface area contributed by atoms with Gasteiger partial charge in [0.15, 0.2) is 6.29 Å². The average molecular weight is 242 g/mol. The van der Waals surface area contributed by atoms with Crippen LogP contribution in [0.5, 0.6) is 0 Å². The summed E-state index contributed by atoms with van der Waals surface area (Å²) in [7, 11) is 0. The van der Waals surface area contributed by atoms with E-state index < -0.39 is 0 Å². The first-order chi connectivity index (χ1) is 7.20. The van der Waals surface area contributed by atoms with Gasteiger partial charge in [-0.25, -0.2) is 4.68 Å². The fourth-order valence-electron chi connectivity index (χ4n) is 1.19. The number of carbonyl (C=O) groups is 1. The Hall–Kier alpha value is -1.39. The van der Waals surface area contributed by atoms with Crippen LogP contribution >= 0.6 is 23.2 Å². The number of rotatable bonds is 2. The molecule has 1 heterocycles. The molecule has 0 unspecified atom stereocenters. The highest BCUT2D eigenvalue weighted by Crippen LogP contribution is 2.21. The van der Waals surface area contributed by atoms with Gasteiger partial charge in [-0.2, -0.15) is 0 Å². The van der Waals surface area contributed by atoms with Crippen LogP contribution in [0.3, 0.4) is 0 Å². The Kier molecular flexibility index (Phi) is 2.70. The number of hydrogen-bond donors (Lipinski definition) is 0. The van der Waals surface area contributed by atoms with Crippen LogP contribution in [0, 0.1) is 0 Å². The van der Waals surface area contributed by atoms with Crippen molar-refractivity contribution in [1.82, 2.24) is 15.0 Å². The van der Waals surface area contributed by atoms with E-state index in [0.29, 0.717) is 27.7 Å². The second-order valence-electron chi connectivity index (χ2n) is 2.82. The molecule has 0 spiro atoms. The predicted octanol–water partition coefficient (Wildman–Crippen LogP) is 2.39. The zero-order valence-electron chi connectivity index (χ0n) is 7.39. The van der Waals surface area contributed by atoms with Crippen LogP contribution in [0.1, 0.15) is 10.5 Å². The number of benzene rings is 1. The molecule has 0 N–H and O–H groups in total. The summed E-state index contributed by atoms with van der Waals surface area (Å²) in [6, 6.07) is 4.90. The molecule has 0 aliphatic carbocycles. The van der Waals surface area contributed by atoms with Gasteiger partial charge in [-0.1, -0.05) is 28.4 Å². The van der Waals surface area contributed by atoms with Gasteiger partial charge in [-0.3, -0.25) is 4.79 Å². The zero-order chi connectivity index (χ0) is 10.8. The molecule has 0 fully saturated rings. The molecule has 0 radical (unpaired) electrons. The molecule has 1 aromatic carbocycles. The Morgan fingerprint density at radius 2 is 1.87 bits per heavy atom. The van der Waals surface area contributed by atoms with Crippen LogP contribution in [0.4, 0.5) is 0 Å². The molecule has 4 nitrogen and oxygen atoms in total. The fraction of sp³-hybridized carbons (Fsp3) is 0. The fourth-order valence-corrected chi connectivity index (χ4v) is 1.70. The summed E-state index contributed by atoms with van der Waals surface area (Å²) in [6.07, 6.45) is 2.02. The van der Waals surface area contributed by atoms with Gasteiger partial charge in [0.2, 0.25) is 0 Å². The van der Waals surface area contributed by atoms with E-state index in [1.165, 1.54) is 10.9 Å². The molecule has 76 valence electrons. The minimum Gasteiger partial charge on any atom is -0.296 e. The van der Waals surface area contributed by atoms with Crippen molar-refractivity contribution < 1.29 is 4.79 Å². The summed E-state index contributed by atoms with van der Waals surface area (Å²) in [6.45, 7) is 0. The Balaban J connectivity index is 2.58. The molecule has 0 bridgehead atoms. The first-order valence-electron chi connectivity index (χ1n) is 4.03. The molecule has 2 aromatic rings. The van der Waals surface area contributed by atoms with E-state index >= 15 is 0 Å². The lowest BCUT2D eigenvalue weighted by Crippen LogP contribution is -2.01. The third-order valence-electron chi connectivity index (χ3n) is 1.79. The maximum absolute atomic E-state index is 10.7. The minimum absolute atomic E-state index is 0.341. The van der Waals surface area contributed by atoms with Gasteiger partial charge in [-0.05, 0) is 18.2 Å². The SMILES string of the molecule is O=Cc1cnnn1-c1cc(Cl)cc(Cl)c1. The molecule has 0 saturated carbocycles. The lowest BCUT2D eigenvalue weighted by molar-refractivity contribution is 0.111. The second-order valence-corrected chi connectivity index (χ2v) is 3.69. The van der Waals surface area contributed by atoms with E-state index in [-0.39, 0.29) is 0 Å². The minimum atomic E-state index is 0.341. The van der Waals surface area contributed by atoms with Crippen LogP contribution in [0.2, 0.25) is 10.0 Å². The maximum Gasteiger partial charge on any atom is 0.170 e. The van der Waals surface area contributed by atoms with Crippen LogP contribution in [0.25, 0.3) is 5.69 Å². The predicted molar refractivity (Wildman–Crippen MR) is 56.8 cm³/mol. The van der Waals surface area contributed by atoms with E-state index in [0.717, 1.165) is 0 Å². The van der Waals surface area contributed by atoms with Crippen LogP contribution in [-0.4, -0.2) is 21.3 Å². The third-order valence-corrected chi connectivity index (χ3v) is 2.22. The van der Waals surface area contributed by atoms with Gasteiger partial charge in [0.25, 0.3) is 0 Å². The Morgan fingerprint density at radius 1 is 1.20 bits per heavy atom. The number of aromatic nitrogens is 3. The molecular weight excluding hydrogens is 237 g/mol. The largest absolute Gasteiger partial charge is 0.296 e. The Morgan fingerprint density at radius 3 is 2.47 bits per heavy atom. The topological polar surface area (TPSA) is 47.8 Å². The summed E-state index contributed by atoms with van der Waals surface area (Å²) in [5.41, 5.74) is 0.945. The van der Waals surface area contributed by atoms with E-state index in [1.54, 1.807) is 18.2 Å². The highest BCUT2D eigenvalue weighted by molar-refractivity contribution is 6.34. The van der Waals surface area contributed by atoms with E-state index in [4.69, 9.17) is 23.2 Å². The number of nitrogens with zero attached hydrogens (tertiary/aromatic N) is 3. The average Bonchev–Trinajstić information content (AvgIpc) is 2.63. The first kappa shape index (κ1) is 10.1. The highest BCUT2D eigenvalue weighted by atomic mass is 35.5. The normalized spacial score (nSPS) is 10.3. The smallest absolute Gasteiger partial charge is 0.170 e. The van der Waals surface area contributed by atoms with Crippen molar-refractivity contribution in [2.24, 2.45) is 0 Å². The monoisotopic (exact) mass is 241 g/mol.